The number of carbonyl (C=O) groups is 1. The minimum Gasteiger partial charge on any atom is -0.328 e. The summed E-state index contributed by atoms with van der Waals surface area (Å²) >= 11 is 11.9. The minimum absolute atomic E-state index is 0.0461. The summed E-state index contributed by atoms with van der Waals surface area (Å²) in [5.74, 6) is 0.0461. The maximum atomic E-state index is 12.4. The fourth-order valence-electron chi connectivity index (χ4n) is 2.99. The van der Waals surface area contributed by atoms with Gasteiger partial charge in [0, 0.05) is 11.6 Å². The standard InChI is InChI=1S/C20H20Cl2N2O/c21-18-8-6-16(14-19(18)22)7-9-20(25)24-12-10-23(11-13-24)15-17-4-2-1-3-5-17/h1-9,14H,10-13,15H2/p+1/b9-7+. The fraction of sp³-hybridized carbons (Fsp3) is 0.250. The van der Waals surface area contributed by atoms with Crippen molar-refractivity contribution in [2.75, 3.05) is 26.2 Å². The van der Waals surface area contributed by atoms with Crippen LogP contribution in [0.1, 0.15) is 11.1 Å². The van der Waals surface area contributed by atoms with Gasteiger partial charge in [-0.05, 0) is 23.8 Å². The van der Waals surface area contributed by atoms with Crippen molar-refractivity contribution in [2.45, 2.75) is 6.54 Å². The van der Waals surface area contributed by atoms with Gasteiger partial charge in [0.15, 0.2) is 0 Å². The van der Waals surface area contributed by atoms with Crippen LogP contribution >= 0.6 is 23.2 Å². The van der Waals surface area contributed by atoms with Gasteiger partial charge in [-0.2, -0.15) is 0 Å². The number of hydrogen-bond acceptors (Lipinski definition) is 1. The minimum atomic E-state index is 0.0461. The molecule has 0 radical (unpaired) electrons. The molecule has 5 heteroatoms. The number of rotatable bonds is 4. The summed E-state index contributed by atoms with van der Waals surface area (Å²) in [6.07, 6.45) is 3.40. The van der Waals surface area contributed by atoms with E-state index in [1.165, 1.54) is 10.5 Å². The number of nitrogens with one attached hydrogen (secondary N) is 1. The molecule has 1 amide bonds. The number of quaternary nitrogens is 1. The average Bonchev–Trinajstić information content (AvgIpc) is 2.64. The van der Waals surface area contributed by atoms with Crippen LogP contribution in [0.2, 0.25) is 10.0 Å². The van der Waals surface area contributed by atoms with Crippen molar-refractivity contribution < 1.29 is 9.69 Å². The summed E-state index contributed by atoms with van der Waals surface area (Å²) in [6, 6.07) is 15.8. The molecule has 0 aromatic heterocycles. The van der Waals surface area contributed by atoms with Crippen LogP contribution in [-0.4, -0.2) is 37.0 Å². The Morgan fingerprint density at radius 3 is 2.44 bits per heavy atom. The second kappa shape index (κ2) is 8.52. The lowest BCUT2D eigenvalue weighted by Gasteiger charge is -2.31. The quantitative estimate of drug-likeness (QED) is 0.816. The highest BCUT2D eigenvalue weighted by molar-refractivity contribution is 6.42. The molecule has 1 aliphatic heterocycles. The molecule has 0 bridgehead atoms. The molecule has 2 aromatic rings. The maximum Gasteiger partial charge on any atom is 0.246 e. The van der Waals surface area contributed by atoms with Crippen LogP contribution in [0.4, 0.5) is 0 Å². The molecule has 1 N–H and O–H groups in total. The van der Waals surface area contributed by atoms with Crippen molar-refractivity contribution in [3.8, 4) is 0 Å². The second-order valence-corrected chi connectivity index (χ2v) is 7.06. The molecule has 1 heterocycles. The SMILES string of the molecule is O=C(/C=C/c1ccc(Cl)c(Cl)c1)N1CC[NH+](Cc2ccccc2)CC1. The van der Waals surface area contributed by atoms with Gasteiger partial charge in [0.05, 0.1) is 36.2 Å². The lowest BCUT2D eigenvalue weighted by molar-refractivity contribution is -0.917. The Morgan fingerprint density at radius 2 is 1.76 bits per heavy atom. The van der Waals surface area contributed by atoms with Gasteiger partial charge in [0.1, 0.15) is 6.54 Å². The summed E-state index contributed by atoms with van der Waals surface area (Å²) in [5.41, 5.74) is 2.22. The first-order valence-corrected chi connectivity index (χ1v) is 9.17. The molecule has 0 atom stereocenters. The zero-order chi connectivity index (χ0) is 17.6. The number of piperazine rings is 1. The largest absolute Gasteiger partial charge is 0.328 e. The summed E-state index contributed by atoms with van der Waals surface area (Å²) in [7, 11) is 0. The molecule has 0 saturated carbocycles. The van der Waals surface area contributed by atoms with E-state index in [0.717, 1.165) is 38.3 Å². The number of nitrogens with zero attached hydrogens (tertiary/aromatic N) is 1. The van der Waals surface area contributed by atoms with Crippen molar-refractivity contribution in [1.29, 1.82) is 0 Å². The van der Waals surface area contributed by atoms with E-state index < -0.39 is 0 Å². The lowest BCUT2D eigenvalue weighted by Crippen LogP contribution is -3.13. The third-order valence-corrected chi connectivity index (χ3v) is 5.18. The Morgan fingerprint density at radius 1 is 1.04 bits per heavy atom. The highest BCUT2D eigenvalue weighted by Gasteiger charge is 2.22. The molecule has 1 saturated heterocycles. The van der Waals surface area contributed by atoms with Crippen LogP contribution in [0.3, 0.4) is 0 Å². The molecule has 130 valence electrons. The number of hydrogen-bond donors (Lipinski definition) is 1. The van der Waals surface area contributed by atoms with E-state index in [1.807, 2.05) is 17.0 Å². The lowest BCUT2D eigenvalue weighted by atomic mass is 10.2. The summed E-state index contributed by atoms with van der Waals surface area (Å²) < 4.78 is 0. The highest BCUT2D eigenvalue weighted by atomic mass is 35.5. The zero-order valence-corrected chi connectivity index (χ0v) is 15.4. The Hall–Kier alpha value is -1.81. The third-order valence-electron chi connectivity index (χ3n) is 4.44. The van der Waals surface area contributed by atoms with Crippen LogP contribution in [0, 0.1) is 0 Å². The van der Waals surface area contributed by atoms with E-state index in [1.54, 1.807) is 24.3 Å². The average molecular weight is 376 g/mol. The van der Waals surface area contributed by atoms with Crippen molar-refractivity contribution in [2.24, 2.45) is 0 Å². The molecule has 1 aliphatic rings. The van der Waals surface area contributed by atoms with Crippen molar-refractivity contribution in [3.05, 3.63) is 75.8 Å². The highest BCUT2D eigenvalue weighted by Crippen LogP contribution is 2.23. The molecule has 3 nitrogen and oxygen atoms in total. The first kappa shape index (κ1) is 18.0. The van der Waals surface area contributed by atoms with E-state index in [2.05, 4.69) is 24.3 Å². The Kier molecular flexibility index (Phi) is 6.14. The van der Waals surface area contributed by atoms with Crippen molar-refractivity contribution in [3.63, 3.8) is 0 Å². The van der Waals surface area contributed by atoms with Gasteiger partial charge in [0.2, 0.25) is 5.91 Å². The third kappa shape index (κ3) is 5.08. The number of amides is 1. The van der Waals surface area contributed by atoms with Gasteiger partial charge in [-0.3, -0.25) is 4.79 Å². The van der Waals surface area contributed by atoms with Crippen molar-refractivity contribution >= 4 is 35.2 Å². The molecule has 2 aromatic carbocycles. The van der Waals surface area contributed by atoms with Crippen LogP contribution in [0.25, 0.3) is 6.08 Å². The fourth-order valence-corrected chi connectivity index (χ4v) is 3.30. The first-order valence-electron chi connectivity index (χ1n) is 8.41. The summed E-state index contributed by atoms with van der Waals surface area (Å²) in [5, 5.41) is 1.01. The Labute approximate surface area is 158 Å². The van der Waals surface area contributed by atoms with E-state index in [9.17, 15) is 4.79 Å². The van der Waals surface area contributed by atoms with Gasteiger partial charge < -0.3 is 9.80 Å². The second-order valence-electron chi connectivity index (χ2n) is 6.24. The van der Waals surface area contributed by atoms with Gasteiger partial charge >= 0.3 is 0 Å². The molecule has 3 rings (SSSR count). The summed E-state index contributed by atoms with van der Waals surface area (Å²) in [6.45, 7) is 4.53. The molecular formula is C20H21Cl2N2O+. The number of carbonyl (C=O) groups excluding carboxylic acids is 1. The van der Waals surface area contributed by atoms with Crippen LogP contribution in [0.5, 0.6) is 0 Å². The topological polar surface area (TPSA) is 24.8 Å². The van der Waals surface area contributed by atoms with Crippen LogP contribution in [0.15, 0.2) is 54.6 Å². The summed E-state index contributed by atoms with van der Waals surface area (Å²) in [4.78, 5) is 15.8. The molecule has 25 heavy (non-hydrogen) atoms. The van der Waals surface area contributed by atoms with Gasteiger partial charge in [-0.15, -0.1) is 0 Å². The predicted octanol–water partition coefficient (Wildman–Crippen LogP) is 2.93. The Balaban J connectivity index is 1.51. The number of halogens is 2. The molecule has 1 fully saturated rings. The van der Waals surface area contributed by atoms with E-state index in [4.69, 9.17) is 23.2 Å². The van der Waals surface area contributed by atoms with Gasteiger partial charge in [-0.1, -0.05) is 59.6 Å². The monoisotopic (exact) mass is 375 g/mol. The van der Waals surface area contributed by atoms with E-state index in [-0.39, 0.29) is 5.91 Å². The van der Waals surface area contributed by atoms with Gasteiger partial charge in [0.25, 0.3) is 0 Å². The Bertz CT molecular complexity index is 754. The van der Waals surface area contributed by atoms with Crippen molar-refractivity contribution in [1.82, 2.24) is 4.90 Å². The normalized spacial score (nSPS) is 15.7. The van der Waals surface area contributed by atoms with E-state index >= 15 is 0 Å². The van der Waals surface area contributed by atoms with Gasteiger partial charge in [-0.25, -0.2) is 0 Å². The smallest absolute Gasteiger partial charge is 0.246 e. The molecule has 0 spiro atoms. The first-order chi connectivity index (χ1) is 12.1. The van der Waals surface area contributed by atoms with E-state index in [0.29, 0.717) is 10.0 Å². The predicted molar refractivity (Wildman–Crippen MR) is 103 cm³/mol. The number of benzene rings is 2. The zero-order valence-electron chi connectivity index (χ0n) is 13.9. The maximum absolute atomic E-state index is 12.4. The molecule has 0 unspecified atom stereocenters. The van der Waals surface area contributed by atoms with Crippen LogP contribution < -0.4 is 4.90 Å². The molecular weight excluding hydrogens is 355 g/mol. The van der Waals surface area contributed by atoms with Crippen LogP contribution in [-0.2, 0) is 11.3 Å². The molecule has 0 aliphatic carbocycles.